The van der Waals surface area contributed by atoms with E-state index in [-0.39, 0.29) is 6.04 Å². The molecule has 1 aromatic heterocycles. The largest absolute Gasteiger partial charge is 0.383 e. The van der Waals surface area contributed by atoms with Crippen molar-refractivity contribution in [3.8, 4) is 0 Å². The highest BCUT2D eigenvalue weighted by Crippen LogP contribution is 2.31. The Bertz CT molecular complexity index is 559. The highest BCUT2D eigenvalue weighted by Gasteiger charge is 2.18. The van der Waals surface area contributed by atoms with E-state index in [1.54, 1.807) is 12.3 Å². The molecule has 0 aliphatic rings. The number of aryl methyl sites for hydroxylation is 1. The van der Waals surface area contributed by atoms with Crippen LogP contribution in [0.4, 0.5) is 5.82 Å². The van der Waals surface area contributed by atoms with Gasteiger partial charge < -0.3 is 11.1 Å². The Labute approximate surface area is 122 Å². The lowest BCUT2D eigenvalue weighted by Gasteiger charge is -2.21. The van der Waals surface area contributed by atoms with Crippen molar-refractivity contribution in [2.24, 2.45) is 0 Å². The fourth-order valence-electron chi connectivity index (χ4n) is 2.19. The summed E-state index contributed by atoms with van der Waals surface area (Å²) in [5.74, 6) is 0.510. The van der Waals surface area contributed by atoms with E-state index in [2.05, 4.69) is 10.3 Å². The molecule has 0 aliphatic carbocycles. The second-order valence-corrected chi connectivity index (χ2v) is 5.22. The number of nitrogen functional groups attached to an aromatic ring is 1. The maximum atomic E-state index is 6.06. The van der Waals surface area contributed by atoms with Gasteiger partial charge in [0.15, 0.2) is 0 Å². The Morgan fingerprint density at radius 2 is 1.84 bits per heavy atom. The molecule has 0 bridgehead atoms. The standard InChI is InChI=1S/C14H15Cl2N3/c1-8-3-4-19-14(17)12(8)13(18-2)9-5-10(15)7-11(16)6-9/h3-7,13,18H,1-2H3,(H2,17,19). The van der Waals surface area contributed by atoms with Gasteiger partial charge in [-0.1, -0.05) is 23.2 Å². The summed E-state index contributed by atoms with van der Waals surface area (Å²) in [4.78, 5) is 4.15. The van der Waals surface area contributed by atoms with Crippen molar-refractivity contribution < 1.29 is 0 Å². The second-order valence-electron chi connectivity index (χ2n) is 4.35. The Balaban J connectivity index is 2.56. The summed E-state index contributed by atoms with van der Waals surface area (Å²) in [5, 5.41) is 4.43. The average molecular weight is 296 g/mol. The molecule has 0 saturated carbocycles. The predicted molar refractivity (Wildman–Crippen MR) is 80.8 cm³/mol. The Kier molecular flexibility index (Phi) is 4.30. The molecule has 0 fully saturated rings. The molecular formula is C14H15Cl2N3. The molecule has 1 aromatic carbocycles. The number of anilines is 1. The van der Waals surface area contributed by atoms with Crippen LogP contribution in [0.25, 0.3) is 0 Å². The number of nitrogens with zero attached hydrogens (tertiary/aromatic N) is 1. The molecule has 0 spiro atoms. The van der Waals surface area contributed by atoms with E-state index in [1.807, 2.05) is 32.2 Å². The van der Waals surface area contributed by atoms with Gasteiger partial charge in [-0.3, -0.25) is 0 Å². The van der Waals surface area contributed by atoms with Gasteiger partial charge >= 0.3 is 0 Å². The molecule has 0 saturated heterocycles. The number of hydrogen-bond acceptors (Lipinski definition) is 3. The van der Waals surface area contributed by atoms with Crippen molar-refractivity contribution in [1.82, 2.24) is 10.3 Å². The molecule has 1 unspecified atom stereocenters. The van der Waals surface area contributed by atoms with E-state index < -0.39 is 0 Å². The van der Waals surface area contributed by atoms with E-state index >= 15 is 0 Å². The first-order valence-corrected chi connectivity index (χ1v) is 6.62. The van der Waals surface area contributed by atoms with E-state index in [0.29, 0.717) is 15.9 Å². The zero-order chi connectivity index (χ0) is 14.0. The number of nitrogens with two attached hydrogens (primary N) is 1. The summed E-state index contributed by atoms with van der Waals surface area (Å²) in [6.45, 7) is 2.00. The van der Waals surface area contributed by atoms with Gasteiger partial charge in [0.05, 0.1) is 6.04 Å². The summed E-state index contributed by atoms with van der Waals surface area (Å²) in [6.07, 6.45) is 1.70. The van der Waals surface area contributed by atoms with Crippen molar-refractivity contribution in [3.05, 3.63) is 57.2 Å². The van der Waals surface area contributed by atoms with Crippen LogP contribution in [-0.2, 0) is 0 Å². The first kappa shape index (κ1) is 14.1. The van der Waals surface area contributed by atoms with Gasteiger partial charge in [-0.05, 0) is 49.4 Å². The van der Waals surface area contributed by atoms with Crippen molar-refractivity contribution in [2.75, 3.05) is 12.8 Å². The fraction of sp³-hybridized carbons (Fsp3) is 0.214. The molecule has 1 atom stereocenters. The van der Waals surface area contributed by atoms with Crippen molar-refractivity contribution in [2.45, 2.75) is 13.0 Å². The van der Waals surface area contributed by atoms with Gasteiger partial charge in [-0.2, -0.15) is 0 Å². The van der Waals surface area contributed by atoms with Crippen LogP contribution in [0.5, 0.6) is 0 Å². The summed E-state index contributed by atoms with van der Waals surface area (Å²) < 4.78 is 0. The Hall–Kier alpha value is -1.29. The SMILES string of the molecule is CNC(c1cc(Cl)cc(Cl)c1)c1c(C)ccnc1N. The smallest absolute Gasteiger partial charge is 0.128 e. The van der Waals surface area contributed by atoms with Crippen molar-refractivity contribution in [1.29, 1.82) is 0 Å². The van der Waals surface area contributed by atoms with Gasteiger partial charge in [0.25, 0.3) is 0 Å². The zero-order valence-corrected chi connectivity index (χ0v) is 12.3. The van der Waals surface area contributed by atoms with E-state index in [1.165, 1.54) is 0 Å². The van der Waals surface area contributed by atoms with Crippen LogP contribution in [0, 0.1) is 6.92 Å². The minimum absolute atomic E-state index is 0.0927. The quantitative estimate of drug-likeness (QED) is 0.910. The summed E-state index contributed by atoms with van der Waals surface area (Å²) >= 11 is 12.1. The average Bonchev–Trinajstić information content (AvgIpc) is 2.32. The van der Waals surface area contributed by atoms with Crippen LogP contribution in [0.3, 0.4) is 0 Å². The molecule has 3 N–H and O–H groups in total. The highest BCUT2D eigenvalue weighted by molar-refractivity contribution is 6.34. The van der Waals surface area contributed by atoms with Crippen LogP contribution in [0.15, 0.2) is 30.5 Å². The number of halogens is 2. The van der Waals surface area contributed by atoms with Crippen molar-refractivity contribution in [3.63, 3.8) is 0 Å². The molecule has 19 heavy (non-hydrogen) atoms. The topological polar surface area (TPSA) is 50.9 Å². The molecule has 0 amide bonds. The molecule has 0 radical (unpaired) electrons. The molecule has 3 nitrogen and oxygen atoms in total. The lowest BCUT2D eigenvalue weighted by molar-refractivity contribution is 0.687. The van der Waals surface area contributed by atoms with Crippen molar-refractivity contribution >= 4 is 29.0 Å². The predicted octanol–water partition coefficient (Wildman–Crippen LogP) is 3.59. The van der Waals surface area contributed by atoms with Gasteiger partial charge in [-0.25, -0.2) is 4.98 Å². The summed E-state index contributed by atoms with van der Waals surface area (Å²) in [5.41, 5.74) is 8.97. The second kappa shape index (κ2) is 5.78. The van der Waals surface area contributed by atoms with E-state index in [9.17, 15) is 0 Å². The number of pyridine rings is 1. The molecule has 2 aromatic rings. The maximum absolute atomic E-state index is 6.06. The molecular weight excluding hydrogens is 281 g/mol. The van der Waals surface area contributed by atoms with Crippen LogP contribution in [0.2, 0.25) is 10.0 Å². The first-order valence-electron chi connectivity index (χ1n) is 5.87. The minimum Gasteiger partial charge on any atom is -0.383 e. The summed E-state index contributed by atoms with van der Waals surface area (Å²) in [6, 6.07) is 7.30. The molecule has 1 heterocycles. The first-order chi connectivity index (χ1) is 9.02. The van der Waals surface area contributed by atoms with E-state index in [4.69, 9.17) is 28.9 Å². The Morgan fingerprint density at radius 3 is 2.37 bits per heavy atom. The number of hydrogen-bond donors (Lipinski definition) is 2. The number of aromatic nitrogens is 1. The lowest BCUT2D eigenvalue weighted by atomic mass is 9.96. The monoisotopic (exact) mass is 295 g/mol. The van der Waals surface area contributed by atoms with Gasteiger partial charge in [0.1, 0.15) is 5.82 Å². The van der Waals surface area contributed by atoms with Crippen LogP contribution >= 0.6 is 23.2 Å². The van der Waals surface area contributed by atoms with Gasteiger partial charge in [0, 0.05) is 21.8 Å². The lowest BCUT2D eigenvalue weighted by Crippen LogP contribution is -2.20. The minimum atomic E-state index is -0.0927. The normalized spacial score (nSPS) is 12.4. The highest BCUT2D eigenvalue weighted by atomic mass is 35.5. The van der Waals surface area contributed by atoms with Crippen LogP contribution in [0.1, 0.15) is 22.7 Å². The third-order valence-electron chi connectivity index (χ3n) is 3.03. The number of nitrogens with one attached hydrogen (secondary N) is 1. The zero-order valence-electron chi connectivity index (χ0n) is 10.7. The van der Waals surface area contributed by atoms with Gasteiger partial charge in [0.2, 0.25) is 0 Å². The fourth-order valence-corrected chi connectivity index (χ4v) is 2.73. The molecule has 2 rings (SSSR count). The van der Waals surface area contributed by atoms with E-state index in [0.717, 1.165) is 16.7 Å². The molecule has 5 heteroatoms. The van der Waals surface area contributed by atoms with Crippen LogP contribution < -0.4 is 11.1 Å². The number of rotatable bonds is 3. The Morgan fingerprint density at radius 1 is 1.21 bits per heavy atom. The molecule has 100 valence electrons. The van der Waals surface area contributed by atoms with Gasteiger partial charge in [-0.15, -0.1) is 0 Å². The summed E-state index contributed by atoms with van der Waals surface area (Å²) in [7, 11) is 1.87. The maximum Gasteiger partial charge on any atom is 0.128 e. The van der Waals surface area contributed by atoms with Crippen LogP contribution in [-0.4, -0.2) is 12.0 Å². The number of benzene rings is 1. The molecule has 0 aliphatic heterocycles. The third kappa shape index (κ3) is 3.00. The third-order valence-corrected chi connectivity index (χ3v) is 3.47.